The molecule has 1 amide bonds. The van der Waals surface area contributed by atoms with Crippen LogP contribution in [0, 0.1) is 0 Å². The van der Waals surface area contributed by atoms with Gasteiger partial charge in [0.1, 0.15) is 5.75 Å². The summed E-state index contributed by atoms with van der Waals surface area (Å²) in [5, 5.41) is 3.38. The molecule has 26 heavy (non-hydrogen) atoms. The van der Waals surface area contributed by atoms with E-state index in [1.807, 2.05) is 24.3 Å². The number of nitrogens with one attached hydrogen (secondary N) is 1. The van der Waals surface area contributed by atoms with Gasteiger partial charge in [-0.05, 0) is 30.7 Å². The number of carbonyl (C=O) groups is 1. The van der Waals surface area contributed by atoms with E-state index in [1.54, 1.807) is 12.1 Å². The first-order chi connectivity index (χ1) is 12.7. The first kappa shape index (κ1) is 16.7. The zero-order valence-electron chi connectivity index (χ0n) is 14.3. The van der Waals surface area contributed by atoms with Crippen LogP contribution in [0.15, 0.2) is 36.4 Å². The summed E-state index contributed by atoms with van der Waals surface area (Å²) in [7, 11) is 0. The summed E-state index contributed by atoms with van der Waals surface area (Å²) in [4.78, 5) is 16.9. The van der Waals surface area contributed by atoms with Crippen LogP contribution in [0.25, 0.3) is 10.2 Å². The highest BCUT2D eigenvalue weighted by atomic mass is 32.1. The largest absolute Gasteiger partial charge is 0.494 e. The average Bonchev–Trinajstić information content (AvgIpc) is 3.25. The minimum absolute atomic E-state index is 0.204. The molecule has 6 nitrogen and oxygen atoms in total. The number of hydrogen-bond acceptors (Lipinski definition) is 6. The second-order valence-corrected chi connectivity index (χ2v) is 6.90. The van der Waals surface area contributed by atoms with Crippen LogP contribution in [0.4, 0.5) is 5.13 Å². The van der Waals surface area contributed by atoms with Crippen molar-refractivity contribution in [3.05, 3.63) is 42.0 Å². The highest BCUT2D eigenvalue weighted by Crippen LogP contribution is 2.39. The Bertz CT molecular complexity index is 896. The molecule has 1 N–H and O–H groups in total. The fourth-order valence-electron chi connectivity index (χ4n) is 2.58. The number of fused-ring (bicyclic) bond motifs is 2. The standard InChI is InChI=1S/C19H18N2O4S/c1-2-3-8-23-13-6-4-12(5-7-13)18(22)21-19-20-14-9-15-16(25-11-24-15)10-17(14)26-19/h4-7,9-10H,2-3,8,11H2,1H3,(H,20,21,22). The van der Waals surface area contributed by atoms with E-state index in [1.165, 1.54) is 11.3 Å². The minimum atomic E-state index is -0.204. The van der Waals surface area contributed by atoms with E-state index in [0.29, 0.717) is 28.8 Å². The molecule has 0 saturated carbocycles. The van der Waals surface area contributed by atoms with Crippen LogP contribution in [0.5, 0.6) is 17.2 Å². The first-order valence-corrected chi connectivity index (χ1v) is 9.29. The van der Waals surface area contributed by atoms with Crippen molar-refractivity contribution in [1.82, 2.24) is 4.98 Å². The third kappa shape index (κ3) is 3.43. The Morgan fingerprint density at radius 1 is 1.23 bits per heavy atom. The van der Waals surface area contributed by atoms with Gasteiger partial charge in [0.2, 0.25) is 6.79 Å². The minimum Gasteiger partial charge on any atom is -0.494 e. The Kier molecular flexibility index (Phi) is 4.62. The molecular formula is C19H18N2O4S. The van der Waals surface area contributed by atoms with Crippen LogP contribution < -0.4 is 19.5 Å². The molecule has 134 valence electrons. The third-order valence-electron chi connectivity index (χ3n) is 3.99. The second-order valence-electron chi connectivity index (χ2n) is 5.87. The lowest BCUT2D eigenvalue weighted by Crippen LogP contribution is -2.11. The normalized spacial score (nSPS) is 12.3. The molecule has 0 atom stereocenters. The molecule has 1 aliphatic rings. The Balaban J connectivity index is 1.45. The summed E-state index contributed by atoms with van der Waals surface area (Å²) in [6, 6.07) is 10.8. The number of unbranched alkanes of at least 4 members (excludes halogenated alkanes) is 1. The zero-order valence-corrected chi connectivity index (χ0v) is 15.1. The molecule has 0 spiro atoms. The molecule has 3 aromatic rings. The van der Waals surface area contributed by atoms with Gasteiger partial charge < -0.3 is 14.2 Å². The van der Waals surface area contributed by atoms with E-state index in [2.05, 4.69) is 17.2 Å². The molecule has 0 unspecified atom stereocenters. The van der Waals surface area contributed by atoms with Crippen LogP contribution in [0.1, 0.15) is 30.1 Å². The Labute approximate surface area is 154 Å². The van der Waals surface area contributed by atoms with Gasteiger partial charge in [-0.1, -0.05) is 24.7 Å². The van der Waals surface area contributed by atoms with Gasteiger partial charge in [0.25, 0.3) is 5.91 Å². The Hall–Kier alpha value is -2.80. The Morgan fingerprint density at radius 3 is 2.77 bits per heavy atom. The summed E-state index contributed by atoms with van der Waals surface area (Å²) in [5.41, 5.74) is 1.33. The van der Waals surface area contributed by atoms with Gasteiger partial charge in [-0.25, -0.2) is 4.98 Å². The van der Waals surface area contributed by atoms with Gasteiger partial charge >= 0.3 is 0 Å². The molecule has 0 aliphatic carbocycles. The molecule has 1 aliphatic heterocycles. The number of anilines is 1. The van der Waals surface area contributed by atoms with Crippen molar-refractivity contribution < 1.29 is 19.0 Å². The summed E-state index contributed by atoms with van der Waals surface area (Å²) < 4.78 is 17.3. The number of aromatic nitrogens is 1. The fraction of sp³-hybridized carbons (Fsp3) is 0.263. The molecule has 4 rings (SSSR count). The van der Waals surface area contributed by atoms with Crippen LogP contribution >= 0.6 is 11.3 Å². The highest BCUT2D eigenvalue weighted by molar-refractivity contribution is 7.22. The Morgan fingerprint density at radius 2 is 2.00 bits per heavy atom. The fourth-order valence-corrected chi connectivity index (χ4v) is 3.45. The monoisotopic (exact) mass is 370 g/mol. The van der Waals surface area contributed by atoms with Gasteiger partial charge in [-0.2, -0.15) is 0 Å². The number of rotatable bonds is 6. The molecule has 0 saturated heterocycles. The average molecular weight is 370 g/mol. The van der Waals surface area contributed by atoms with Crippen molar-refractivity contribution in [3.8, 4) is 17.2 Å². The van der Waals surface area contributed by atoms with E-state index in [0.717, 1.165) is 28.8 Å². The molecule has 2 heterocycles. The van der Waals surface area contributed by atoms with E-state index in [4.69, 9.17) is 14.2 Å². The maximum atomic E-state index is 12.4. The molecule has 0 bridgehead atoms. The van der Waals surface area contributed by atoms with Gasteiger partial charge in [0.15, 0.2) is 16.6 Å². The predicted octanol–water partition coefficient (Wildman–Crippen LogP) is 4.46. The summed E-state index contributed by atoms with van der Waals surface area (Å²) >= 11 is 1.40. The molecular weight excluding hydrogens is 352 g/mol. The van der Waals surface area contributed by atoms with E-state index >= 15 is 0 Å². The van der Waals surface area contributed by atoms with Crippen LogP contribution in [0.2, 0.25) is 0 Å². The number of carbonyl (C=O) groups excluding carboxylic acids is 1. The summed E-state index contributed by atoms with van der Waals surface area (Å²) in [6.45, 7) is 3.03. The van der Waals surface area contributed by atoms with Crippen molar-refractivity contribution in [2.24, 2.45) is 0 Å². The van der Waals surface area contributed by atoms with Crippen LogP contribution in [-0.4, -0.2) is 24.3 Å². The SMILES string of the molecule is CCCCOc1ccc(C(=O)Nc2nc3cc4c(cc3s2)OCO4)cc1. The molecule has 2 aromatic carbocycles. The maximum absolute atomic E-state index is 12.4. The summed E-state index contributed by atoms with van der Waals surface area (Å²) in [5.74, 6) is 1.95. The quantitative estimate of drug-likeness (QED) is 0.649. The molecule has 0 fully saturated rings. The van der Waals surface area contributed by atoms with Crippen molar-refractivity contribution >= 4 is 32.6 Å². The highest BCUT2D eigenvalue weighted by Gasteiger charge is 2.17. The lowest BCUT2D eigenvalue weighted by Gasteiger charge is -2.06. The van der Waals surface area contributed by atoms with Gasteiger partial charge in [-0.15, -0.1) is 0 Å². The number of benzene rings is 2. The van der Waals surface area contributed by atoms with E-state index < -0.39 is 0 Å². The lowest BCUT2D eigenvalue weighted by molar-refractivity contribution is 0.102. The van der Waals surface area contributed by atoms with Crippen molar-refractivity contribution in [3.63, 3.8) is 0 Å². The molecule has 0 radical (unpaired) electrons. The smallest absolute Gasteiger partial charge is 0.257 e. The zero-order chi connectivity index (χ0) is 17.9. The van der Waals surface area contributed by atoms with Crippen LogP contribution in [-0.2, 0) is 0 Å². The topological polar surface area (TPSA) is 69.7 Å². The third-order valence-corrected chi connectivity index (χ3v) is 4.92. The number of nitrogens with zero attached hydrogens (tertiary/aromatic N) is 1. The second kappa shape index (κ2) is 7.21. The van der Waals surface area contributed by atoms with Gasteiger partial charge in [-0.3, -0.25) is 10.1 Å². The number of hydrogen-bond donors (Lipinski definition) is 1. The number of thiazole rings is 1. The van der Waals surface area contributed by atoms with Crippen LogP contribution in [0.3, 0.4) is 0 Å². The molecule has 1 aromatic heterocycles. The van der Waals surface area contributed by atoms with Crippen molar-refractivity contribution in [1.29, 1.82) is 0 Å². The maximum Gasteiger partial charge on any atom is 0.257 e. The van der Waals surface area contributed by atoms with Crippen molar-refractivity contribution in [2.45, 2.75) is 19.8 Å². The first-order valence-electron chi connectivity index (χ1n) is 8.47. The predicted molar refractivity (Wildman–Crippen MR) is 101 cm³/mol. The lowest BCUT2D eigenvalue weighted by atomic mass is 10.2. The number of ether oxygens (including phenoxy) is 3. The van der Waals surface area contributed by atoms with Crippen molar-refractivity contribution in [2.75, 3.05) is 18.7 Å². The summed E-state index contributed by atoms with van der Waals surface area (Å²) in [6.07, 6.45) is 2.10. The molecule has 7 heteroatoms. The van der Waals surface area contributed by atoms with Gasteiger partial charge in [0, 0.05) is 17.7 Å². The van der Waals surface area contributed by atoms with E-state index in [9.17, 15) is 4.79 Å². The van der Waals surface area contributed by atoms with Gasteiger partial charge in [0.05, 0.1) is 16.8 Å². The number of amides is 1. The van der Waals surface area contributed by atoms with E-state index in [-0.39, 0.29) is 12.7 Å².